The maximum atomic E-state index is 12.5. The van der Waals surface area contributed by atoms with E-state index in [1.54, 1.807) is 60.7 Å². The summed E-state index contributed by atoms with van der Waals surface area (Å²) in [6.07, 6.45) is 0. The third-order valence-electron chi connectivity index (χ3n) is 3.34. The normalized spacial score (nSPS) is 10.4. The fourth-order valence-corrected chi connectivity index (χ4v) is 4.29. The third kappa shape index (κ3) is 2.84. The predicted molar refractivity (Wildman–Crippen MR) is 86.5 cm³/mol. The molecule has 3 rings (SSSR count). The van der Waals surface area contributed by atoms with E-state index in [2.05, 4.69) is 0 Å². The molecule has 2 N–H and O–H groups in total. The molecule has 0 amide bonds. The molecule has 114 valence electrons. The van der Waals surface area contributed by atoms with E-state index in [-0.39, 0.29) is 20.4 Å². The van der Waals surface area contributed by atoms with E-state index >= 15 is 0 Å². The van der Waals surface area contributed by atoms with Gasteiger partial charge in [-0.2, -0.15) is 0 Å². The number of benzene rings is 2. The fourth-order valence-electron chi connectivity index (χ4n) is 2.16. The van der Waals surface area contributed by atoms with Crippen LogP contribution in [-0.4, -0.2) is 36.3 Å². The number of ketones is 2. The van der Waals surface area contributed by atoms with Crippen molar-refractivity contribution in [2.24, 2.45) is 0 Å². The van der Waals surface area contributed by atoms with Gasteiger partial charge in [0.1, 0.15) is 0 Å². The molecule has 23 heavy (non-hydrogen) atoms. The second-order valence-corrected chi connectivity index (χ2v) is 6.99. The summed E-state index contributed by atoms with van der Waals surface area (Å²) < 4.78 is 0.195. The summed E-state index contributed by atoms with van der Waals surface area (Å²) in [7, 11) is 0. The topological polar surface area (TPSA) is 74.6 Å². The summed E-state index contributed by atoms with van der Waals surface area (Å²) >= 11 is -0.742. The van der Waals surface area contributed by atoms with Gasteiger partial charge in [-0.15, -0.1) is 0 Å². The summed E-state index contributed by atoms with van der Waals surface area (Å²) in [5, 5.41) is 20.1. The molecule has 0 spiro atoms. The number of hydrogen-bond donors (Lipinski definition) is 2. The molecule has 1 aromatic heterocycles. The van der Waals surface area contributed by atoms with Gasteiger partial charge in [0.05, 0.1) is 0 Å². The Hall–Kier alpha value is -2.62. The van der Waals surface area contributed by atoms with Gasteiger partial charge in [0.15, 0.2) is 0 Å². The standard InChI is InChI=1S/C18H12O4Se/c19-13(11-7-3-1-4-8-11)17-15(21)16(22)18(23-17)14(20)12-9-5-2-6-10-12/h1-10,21-22H. The van der Waals surface area contributed by atoms with Crippen molar-refractivity contribution in [1.82, 2.24) is 0 Å². The first-order valence-electron chi connectivity index (χ1n) is 6.84. The average Bonchev–Trinajstić information content (AvgIpc) is 2.91. The van der Waals surface area contributed by atoms with Gasteiger partial charge in [0.25, 0.3) is 0 Å². The number of hydrogen-bond acceptors (Lipinski definition) is 4. The van der Waals surface area contributed by atoms with E-state index in [1.165, 1.54) is 0 Å². The van der Waals surface area contributed by atoms with Gasteiger partial charge in [-0.05, 0) is 0 Å². The molecule has 0 saturated heterocycles. The number of carbonyl (C=O) groups is 2. The van der Waals surface area contributed by atoms with E-state index in [0.29, 0.717) is 11.1 Å². The molecule has 0 saturated carbocycles. The number of carbonyl (C=O) groups excluding carboxylic acids is 2. The van der Waals surface area contributed by atoms with Crippen LogP contribution in [0.5, 0.6) is 11.5 Å². The van der Waals surface area contributed by atoms with Crippen LogP contribution in [0.4, 0.5) is 0 Å². The SMILES string of the molecule is O=C(c1ccccc1)c1[se]c(C(=O)c2ccccc2)c(O)c1O. The molecule has 0 fully saturated rings. The van der Waals surface area contributed by atoms with Crippen LogP contribution in [0, 0.1) is 0 Å². The van der Waals surface area contributed by atoms with Gasteiger partial charge in [0.2, 0.25) is 0 Å². The number of aromatic hydroxyl groups is 2. The molecule has 2 aromatic carbocycles. The molecular weight excluding hydrogens is 359 g/mol. The molecule has 0 unspecified atom stereocenters. The zero-order valence-corrected chi connectivity index (χ0v) is 13.6. The van der Waals surface area contributed by atoms with Crippen molar-refractivity contribution in [2.45, 2.75) is 0 Å². The van der Waals surface area contributed by atoms with Crippen molar-refractivity contribution in [3.05, 3.63) is 80.7 Å². The molecule has 0 aliphatic heterocycles. The van der Waals surface area contributed by atoms with Crippen molar-refractivity contribution in [1.29, 1.82) is 0 Å². The van der Waals surface area contributed by atoms with Gasteiger partial charge in [-0.1, -0.05) is 0 Å². The predicted octanol–water partition coefficient (Wildman–Crippen LogP) is 2.62. The van der Waals surface area contributed by atoms with E-state index < -0.39 is 26.0 Å². The zero-order valence-electron chi connectivity index (χ0n) is 11.9. The molecule has 1 heterocycles. The first-order valence-corrected chi connectivity index (χ1v) is 8.55. The van der Waals surface area contributed by atoms with Crippen LogP contribution in [0.1, 0.15) is 29.6 Å². The van der Waals surface area contributed by atoms with Gasteiger partial charge in [0, 0.05) is 0 Å². The summed E-state index contributed by atoms with van der Waals surface area (Å²) in [4.78, 5) is 24.9. The molecule has 0 aliphatic carbocycles. The Kier molecular flexibility index (Phi) is 4.15. The van der Waals surface area contributed by atoms with Crippen molar-refractivity contribution in [3.8, 4) is 11.5 Å². The fraction of sp³-hybridized carbons (Fsp3) is 0. The first kappa shape index (κ1) is 15.3. The minimum atomic E-state index is -0.742. The summed E-state index contributed by atoms with van der Waals surface area (Å²) in [6, 6.07) is 17.0. The van der Waals surface area contributed by atoms with Crippen molar-refractivity contribution in [3.63, 3.8) is 0 Å². The van der Waals surface area contributed by atoms with Crippen molar-refractivity contribution in [2.75, 3.05) is 0 Å². The number of rotatable bonds is 4. The second kappa shape index (κ2) is 6.24. The zero-order chi connectivity index (χ0) is 16.4. The molecular formula is C18H12O4Se. The van der Waals surface area contributed by atoms with E-state index in [1.807, 2.05) is 0 Å². The third-order valence-corrected chi connectivity index (χ3v) is 5.79. The van der Waals surface area contributed by atoms with Crippen LogP contribution in [0.3, 0.4) is 0 Å². The molecule has 5 heteroatoms. The van der Waals surface area contributed by atoms with Crippen LogP contribution >= 0.6 is 0 Å². The molecule has 3 aromatic rings. The van der Waals surface area contributed by atoms with Gasteiger partial charge < -0.3 is 0 Å². The van der Waals surface area contributed by atoms with Gasteiger partial charge >= 0.3 is 138 Å². The monoisotopic (exact) mass is 372 g/mol. The average molecular weight is 371 g/mol. The Morgan fingerprint density at radius 3 is 1.35 bits per heavy atom. The Balaban J connectivity index is 2.03. The summed E-state index contributed by atoms with van der Waals surface area (Å²) in [5.41, 5.74) is 0.828. The van der Waals surface area contributed by atoms with E-state index in [0.717, 1.165) is 0 Å². The Morgan fingerprint density at radius 2 is 1.00 bits per heavy atom. The second-order valence-electron chi connectivity index (χ2n) is 4.85. The Bertz CT molecular complexity index is 795. The molecule has 0 atom stereocenters. The van der Waals surface area contributed by atoms with E-state index in [9.17, 15) is 19.8 Å². The maximum absolute atomic E-state index is 12.5. The molecule has 0 aliphatic rings. The molecule has 0 radical (unpaired) electrons. The quantitative estimate of drug-likeness (QED) is 0.546. The van der Waals surface area contributed by atoms with Crippen LogP contribution in [-0.2, 0) is 0 Å². The summed E-state index contributed by atoms with van der Waals surface area (Å²) in [6.45, 7) is 0. The van der Waals surface area contributed by atoms with Crippen molar-refractivity contribution < 1.29 is 19.8 Å². The minimum absolute atomic E-state index is 0.0977. The Labute approximate surface area is 138 Å². The first-order chi connectivity index (χ1) is 11.1. The Morgan fingerprint density at radius 1 is 0.652 bits per heavy atom. The van der Waals surface area contributed by atoms with Crippen molar-refractivity contribution >= 4 is 26.1 Å². The molecule has 0 bridgehead atoms. The molecule has 4 nitrogen and oxygen atoms in total. The van der Waals surface area contributed by atoms with Crippen LogP contribution < -0.4 is 0 Å². The van der Waals surface area contributed by atoms with Gasteiger partial charge in [-0.25, -0.2) is 0 Å². The summed E-state index contributed by atoms with van der Waals surface area (Å²) in [5.74, 6) is -1.72. The van der Waals surface area contributed by atoms with E-state index in [4.69, 9.17) is 0 Å². The van der Waals surface area contributed by atoms with Crippen LogP contribution in [0.15, 0.2) is 60.7 Å². The van der Waals surface area contributed by atoms with Crippen LogP contribution in [0.2, 0.25) is 0 Å². The van der Waals surface area contributed by atoms with Crippen LogP contribution in [0.25, 0.3) is 0 Å². The van der Waals surface area contributed by atoms with Gasteiger partial charge in [-0.3, -0.25) is 0 Å².